The Kier molecular flexibility index (Phi) is 6.74. The van der Waals surface area contributed by atoms with Crippen LogP contribution in [0.3, 0.4) is 0 Å². The van der Waals surface area contributed by atoms with Gasteiger partial charge in [0.1, 0.15) is 23.7 Å². The molecular weight excluding hydrogens is 390 g/mol. The van der Waals surface area contributed by atoms with Crippen molar-refractivity contribution in [2.45, 2.75) is 19.6 Å². The summed E-state index contributed by atoms with van der Waals surface area (Å²) in [5.74, 6) is 1.70. The van der Waals surface area contributed by atoms with E-state index in [2.05, 4.69) is 49.4 Å². The Morgan fingerprint density at radius 1 is 1.00 bits per heavy atom. The van der Waals surface area contributed by atoms with Gasteiger partial charge >= 0.3 is 0 Å². The molecule has 1 atom stereocenters. The molecule has 1 aliphatic rings. The highest BCUT2D eigenvalue weighted by molar-refractivity contribution is 5.93. The molecule has 2 heterocycles. The van der Waals surface area contributed by atoms with E-state index in [0.29, 0.717) is 11.6 Å². The van der Waals surface area contributed by atoms with Gasteiger partial charge in [-0.05, 0) is 24.6 Å². The molecule has 1 aliphatic heterocycles. The number of hydrogen-bond donors (Lipinski definition) is 1. The van der Waals surface area contributed by atoms with Crippen molar-refractivity contribution in [3.63, 3.8) is 0 Å². The van der Waals surface area contributed by atoms with Crippen LogP contribution < -0.4 is 15.0 Å². The van der Waals surface area contributed by atoms with Gasteiger partial charge in [0.15, 0.2) is 6.10 Å². The monoisotopic (exact) mass is 417 g/mol. The SMILES string of the molecule is CC(Oc1ccccc1)C(=O)Nc1cc(N2CCN(Cc3ccccc3)CC2)ncn1. The average Bonchev–Trinajstić information content (AvgIpc) is 2.81. The van der Waals surface area contributed by atoms with E-state index in [1.807, 2.05) is 42.5 Å². The van der Waals surface area contributed by atoms with Crippen LogP contribution in [-0.4, -0.2) is 53.1 Å². The van der Waals surface area contributed by atoms with Gasteiger partial charge in [0.25, 0.3) is 5.91 Å². The number of para-hydroxylation sites is 1. The van der Waals surface area contributed by atoms with Gasteiger partial charge in [0, 0.05) is 38.8 Å². The minimum Gasteiger partial charge on any atom is -0.481 e. The zero-order valence-electron chi connectivity index (χ0n) is 17.6. The number of carbonyl (C=O) groups excluding carboxylic acids is 1. The van der Waals surface area contributed by atoms with Crippen molar-refractivity contribution in [1.82, 2.24) is 14.9 Å². The predicted molar refractivity (Wildman–Crippen MR) is 121 cm³/mol. The normalized spacial score (nSPS) is 15.3. The topological polar surface area (TPSA) is 70.6 Å². The molecular formula is C24H27N5O2. The third-order valence-electron chi connectivity index (χ3n) is 5.27. The molecule has 0 radical (unpaired) electrons. The molecule has 1 aromatic heterocycles. The third-order valence-corrected chi connectivity index (χ3v) is 5.27. The Morgan fingerprint density at radius 3 is 2.39 bits per heavy atom. The lowest BCUT2D eigenvalue weighted by molar-refractivity contribution is -0.122. The third kappa shape index (κ3) is 5.79. The van der Waals surface area contributed by atoms with E-state index in [9.17, 15) is 4.79 Å². The highest BCUT2D eigenvalue weighted by Gasteiger charge is 2.20. The van der Waals surface area contributed by atoms with Crippen LogP contribution >= 0.6 is 0 Å². The molecule has 1 fully saturated rings. The van der Waals surface area contributed by atoms with Crippen LogP contribution in [0.1, 0.15) is 12.5 Å². The molecule has 0 aliphatic carbocycles. The highest BCUT2D eigenvalue weighted by Crippen LogP contribution is 2.18. The molecule has 31 heavy (non-hydrogen) atoms. The van der Waals surface area contributed by atoms with E-state index in [0.717, 1.165) is 38.5 Å². The number of carbonyl (C=O) groups is 1. The largest absolute Gasteiger partial charge is 0.481 e. The van der Waals surface area contributed by atoms with Crippen LogP contribution in [0.15, 0.2) is 73.1 Å². The molecule has 2 aromatic carbocycles. The maximum absolute atomic E-state index is 12.5. The Bertz CT molecular complexity index is 976. The van der Waals surface area contributed by atoms with Crippen LogP contribution in [0, 0.1) is 0 Å². The van der Waals surface area contributed by atoms with Crippen LogP contribution in [0.2, 0.25) is 0 Å². The number of hydrogen-bond acceptors (Lipinski definition) is 6. The molecule has 4 rings (SSSR count). The summed E-state index contributed by atoms with van der Waals surface area (Å²) < 4.78 is 5.68. The van der Waals surface area contributed by atoms with Crippen LogP contribution in [0.25, 0.3) is 0 Å². The minimum absolute atomic E-state index is 0.249. The van der Waals surface area contributed by atoms with Gasteiger partial charge < -0.3 is 15.0 Å². The quantitative estimate of drug-likeness (QED) is 0.637. The Morgan fingerprint density at radius 2 is 1.68 bits per heavy atom. The second-order valence-corrected chi connectivity index (χ2v) is 7.57. The Labute approximate surface area is 182 Å². The smallest absolute Gasteiger partial charge is 0.266 e. The average molecular weight is 418 g/mol. The second kappa shape index (κ2) is 10.0. The lowest BCUT2D eigenvalue weighted by Crippen LogP contribution is -2.46. The van der Waals surface area contributed by atoms with Crippen LogP contribution in [0.5, 0.6) is 5.75 Å². The lowest BCUT2D eigenvalue weighted by atomic mass is 10.2. The van der Waals surface area contributed by atoms with E-state index < -0.39 is 6.10 Å². The highest BCUT2D eigenvalue weighted by atomic mass is 16.5. The molecule has 1 N–H and O–H groups in total. The number of rotatable bonds is 7. The van der Waals surface area contributed by atoms with Gasteiger partial charge in [0.05, 0.1) is 0 Å². The minimum atomic E-state index is -0.637. The first kappa shape index (κ1) is 20.8. The number of nitrogens with one attached hydrogen (secondary N) is 1. The van der Waals surface area contributed by atoms with Crippen molar-refractivity contribution in [2.75, 3.05) is 36.4 Å². The summed E-state index contributed by atoms with van der Waals surface area (Å²) in [6, 6.07) is 21.6. The molecule has 0 saturated carbocycles. The van der Waals surface area contributed by atoms with Gasteiger partial charge in [-0.15, -0.1) is 0 Å². The zero-order valence-corrected chi connectivity index (χ0v) is 17.6. The van der Waals surface area contributed by atoms with Crippen molar-refractivity contribution in [2.24, 2.45) is 0 Å². The molecule has 7 nitrogen and oxygen atoms in total. The fourth-order valence-corrected chi connectivity index (χ4v) is 3.55. The van der Waals surface area contributed by atoms with Gasteiger partial charge in [-0.25, -0.2) is 9.97 Å². The first-order valence-electron chi connectivity index (χ1n) is 10.5. The molecule has 1 amide bonds. The summed E-state index contributed by atoms with van der Waals surface area (Å²) in [4.78, 5) is 25.8. The zero-order chi connectivity index (χ0) is 21.5. The summed E-state index contributed by atoms with van der Waals surface area (Å²) in [6.45, 7) is 6.36. The fraction of sp³-hybridized carbons (Fsp3) is 0.292. The van der Waals surface area contributed by atoms with Gasteiger partial charge in [-0.3, -0.25) is 9.69 Å². The number of ether oxygens (including phenoxy) is 1. The standard InChI is InChI=1S/C24H27N5O2/c1-19(31-21-10-6-3-7-11-21)24(30)27-22-16-23(26-18-25-22)29-14-12-28(13-15-29)17-20-8-4-2-5-9-20/h2-11,16,18-19H,12-15,17H2,1H3,(H,25,26,27,30). The fourth-order valence-electron chi connectivity index (χ4n) is 3.55. The Balaban J connectivity index is 1.30. The summed E-state index contributed by atoms with van der Waals surface area (Å²) in [5.41, 5.74) is 1.33. The molecule has 0 bridgehead atoms. The van der Waals surface area contributed by atoms with Crippen LogP contribution in [-0.2, 0) is 11.3 Å². The summed E-state index contributed by atoms with van der Waals surface area (Å²) in [6.07, 6.45) is 0.853. The number of nitrogens with zero attached hydrogens (tertiary/aromatic N) is 4. The maximum atomic E-state index is 12.5. The summed E-state index contributed by atoms with van der Waals surface area (Å²) >= 11 is 0. The molecule has 1 unspecified atom stereocenters. The molecule has 3 aromatic rings. The van der Waals surface area contributed by atoms with E-state index in [4.69, 9.17) is 4.74 Å². The van der Waals surface area contributed by atoms with E-state index >= 15 is 0 Å². The molecule has 7 heteroatoms. The summed E-state index contributed by atoms with van der Waals surface area (Å²) in [7, 11) is 0. The Hall–Kier alpha value is -3.45. The molecule has 0 spiro atoms. The first-order chi connectivity index (χ1) is 15.2. The summed E-state index contributed by atoms with van der Waals surface area (Å²) in [5, 5.41) is 2.83. The van der Waals surface area contributed by atoms with Gasteiger partial charge in [-0.1, -0.05) is 48.5 Å². The number of piperazine rings is 1. The van der Waals surface area contributed by atoms with Crippen molar-refractivity contribution >= 4 is 17.5 Å². The van der Waals surface area contributed by atoms with Crippen molar-refractivity contribution < 1.29 is 9.53 Å². The maximum Gasteiger partial charge on any atom is 0.266 e. The molecule has 160 valence electrons. The number of amides is 1. The number of benzene rings is 2. The van der Waals surface area contributed by atoms with Crippen LogP contribution in [0.4, 0.5) is 11.6 Å². The van der Waals surface area contributed by atoms with E-state index in [1.165, 1.54) is 11.9 Å². The lowest BCUT2D eigenvalue weighted by Gasteiger charge is -2.35. The van der Waals surface area contributed by atoms with Gasteiger partial charge in [0.2, 0.25) is 0 Å². The second-order valence-electron chi connectivity index (χ2n) is 7.57. The van der Waals surface area contributed by atoms with E-state index in [1.54, 1.807) is 6.92 Å². The first-order valence-corrected chi connectivity index (χ1v) is 10.5. The van der Waals surface area contributed by atoms with E-state index in [-0.39, 0.29) is 5.91 Å². The number of anilines is 2. The van der Waals surface area contributed by atoms with Crippen molar-refractivity contribution in [3.05, 3.63) is 78.6 Å². The molecule has 1 saturated heterocycles. The van der Waals surface area contributed by atoms with Gasteiger partial charge in [-0.2, -0.15) is 0 Å². The number of aromatic nitrogens is 2. The van der Waals surface area contributed by atoms with Crippen molar-refractivity contribution in [3.8, 4) is 5.75 Å². The predicted octanol–water partition coefficient (Wildman–Crippen LogP) is 3.20. The van der Waals surface area contributed by atoms with Crippen molar-refractivity contribution in [1.29, 1.82) is 0 Å².